The van der Waals surface area contributed by atoms with Crippen LogP contribution in [0, 0.1) is 6.92 Å². The van der Waals surface area contributed by atoms with E-state index in [0.29, 0.717) is 11.4 Å². The highest BCUT2D eigenvalue weighted by atomic mass is 16.1. The molecule has 0 unspecified atom stereocenters. The summed E-state index contributed by atoms with van der Waals surface area (Å²) >= 11 is 0. The Kier molecular flexibility index (Phi) is 5.42. The number of primary amides is 1. The van der Waals surface area contributed by atoms with Crippen LogP contribution in [0.1, 0.15) is 29.3 Å². The van der Waals surface area contributed by atoms with Crippen LogP contribution >= 0.6 is 0 Å². The van der Waals surface area contributed by atoms with Crippen LogP contribution in [-0.2, 0) is 0 Å². The Morgan fingerprint density at radius 3 is 2.88 bits per heavy atom. The highest BCUT2D eigenvalue weighted by Crippen LogP contribution is 2.15. The van der Waals surface area contributed by atoms with E-state index in [1.807, 2.05) is 6.92 Å². The molecule has 0 aromatic carbocycles. The Morgan fingerprint density at radius 1 is 1.47 bits per heavy atom. The lowest BCUT2D eigenvalue weighted by Gasteiger charge is -2.10. The molecule has 1 rings (SSSR count). The number of aromatic nitrogens is 1. The SMILES string of the molecule is CCNCCCNc1nccc(C)c1C(N)=O. The van der Waals surface area contributed by atoms with Gasteiger partial charge < -0.3 is 16.4 Å². The summed E-state index contributed by atoms with van der Waals surface area (Å²) in [6, 6.07) is 1.78. The lowest BCUT2D eigenvalue weighted by molar-refractivity contribution is 0.1000. The number of anilines is 1. The van der Waals surface area contributed by atoms with E-state index in [9.17, 15) is 4.79 Å². The number of nitrogens with one attached hydrogen (secondary N) is 2. The third-order valence-electron chi connectivity index (χ3n) is 2.48. The Labute approximate surface area is 102 Å². The number of amides is 1. The standard InChI is InChI=1S/C12H20N4O/c1-3-14-6-4-7-15-12-10(11(13)17)9(2)5-8-16-12/h5,8,14H,3-4,6-7H2,1-2H3,(H2,13,17)(H,15,16). The van der Waals surface area contributed by atoms with Crippen molar-refractivity contribution < 1.29 is 4.79 Å². The molecule has 0 radical (unpaired) electrons. The Morgan fingerprint density at radius 2 is 2.24 bits per heavy atom. The van der Waals surface area contributed by atoms with E-state index in [0.717, 1.165) is 31.6 Å². The van der Waals surface area contributed by atoms with Crippen LogP contribution < -0.4 is 16.4 Å². The van der Waals surface area contributed by atoms with Crippen LogP contribution in [0.4, 0.5) is 5.82 Å². The maximum absolute atomic E-state index is 11.3. The first-order valence-corrected chi connectivity index (χ1v) is 5.86. The molecule has 0 aliphatic carbocycles. The van der Waals surface area contributed by atoms with E-state index in [-0.39, 0.29) is 0 Å². The zero-order chi connectivity index (χ0) is 12.7. The molecular formula is C12H20N4O. The van der Waals surface area contributed by atoms with Gasteiger partial charge in [-0.3, -0.25) is 4.79 Å². The second kappa shape index (κ2) is 6.85. The lowest BCUT2D eigenvalue weighted by Crippen LogP contribution is -2.20. The highest BCUT2D eigenvalue weighted by molar-refractivity contribution is 5.98. The van der Waals surface area contributed by atoms with Gasteiger partial charge in [0.25, 0.3) is 5.91 Å². The topological polar surface area (TPSA) is 80.0 Å². The molecule has 1 aromatic rings. The van der Waals surface area contributed by atoms with Crippen LogP contribution in [0.2, 0.25) is 0 Å². The van der Waals surface area contributed by atoms with Crippen molar-refractivity contribution in [2.24, 2.45) is 5.73 Å². The van der Waals surface area contributed by atoms with Gasteiger partial charge in [0.1, 0.15) is 5.82 Å². The highest BCUT2D eigenvalue weighted by Gasteiger charge is 2.11. The van der Waals surface area contributed by atoms with Crippen molar-refractivity contribution in [3.05, 3.63) is 23.4 Å². The van der Waals surface area contributed by atoms with E-state index >= 15 is 0 Å². The van der Waals surface area contributed by atoms with Crippen molar-refractivity contribution in [2.75, 3.05) is 25.0 Å². The molecule has 94 valence electrons. The normalized spacial score (nSPS) is 10.2. The number of pyridine rings is 1. The Hall–Kier alpha value is -1.62. The summed E-state index contributed by atoms with van der Waals surface area (Å²) in [5, 5.41) is 6.37. The average Bonchev–Trinajstić information content (AvgIpc) is 2.28. The minimum Gasteiger partial charge on any atom is -0.369 e. The number of hydrogen-bond donors (Lipinski definition) is 3. The van der Waals surface area contributed by atoms with Crippen LogP contribution in [-0.4, -0.2) is 30.5 Å². The summed E-state index contributed by atoms with van der Waals surface area (Å²) in [7, 11) is 0. The van der Waals surface area contributed by atoms with E-state index in [1.165, 1.54) is 0 Å². The number of rotatable bonds is 7. The number of carbonyl (C=O) groups is 1. The first-order valence-electron chi connectivity index (χ1n) is 5.86. The molecule has 0 fully saturated rings. The largest absolute Gasteiger partial charge is 0.369 e. The minimum atomic E-state index is -0.440. The molecular weight excluding hydrogens is 216 g/mol. The number of hydrogen-bond acceptors (Lipinski definition) is 4. The molecule has 0 saturated heterocycles. The molecule has 1 aromatic heterocycles. The van der Waals surface area contributed by atoms with E-state index in [1.54, 1.807) is 12.3 Å². The fourth-order valence-corrected chi connectivity index (χ4v) is 1.60. The van der Waals surface area contributed by atoms with Gasteiger partial charge in [-0.15, -0.1) is 0 Å². The Bertz CT molecular complexity index is 379. The molecule has 1 heterocycles. The van der Waals surface area contributed by atoms with Crippen molar-refractivity contribution >= 4 is 11.7 Å². The van der Waals surface area contributed by atoms with Crippen LogP contribution in [0.5, 0.6) is 0 Å². The van der Waals surface area contributed by atoms with Gasteiger partial charge in [0.15, 0.2) is 0 Å². The Balaban J connectivity index is 2.58. The number of nitrogens with two attached hydrogens (primary N) is 1. The van der Waals surface area contributed by atoms with Crippen LogP contribution in [0.3, 0.4) is 0 Å². The third kappa shape index (κ3) is 4.03. The summed E-state index contributed by atoms with van der Waals surface area (Å²) in [6.45, 7) is 6.60. The maximum Gasteiger partial charge on any atom is 0.252 e. The summed E-state index contributed by atoms with van der Waals surface area (Å²) < 4.78 is 0. The fourth-order valence-electron chi connectivity index (χ4n) is 1.60. The molecule has 0 atom stereocenters. The zero-order valence-corrected chi connectivity index (χ0v) is 10.4. The minimum absolute atomic E-state index is 0.440. The first-order chi connectivity index (χ1) is 8.16. The molecule has 5 heteroatoms. The second-order valence-electron chi connectivity index (χ2n) is 3.85. The molecule has 17 heavy (non-hydrogen) atoms. The molecule has 4 N–H and O–H groups in total. The van der Waals surface area contributed by atoms with Crippen molar-refractivity contribution in [1.82, 2.24) is 10.3 Å². The summed E-state index contributed by atoms with van der Waals surface area (Å²) in [5.41, 5.74) is 6.67. The fraction of sp³-hybridized carbons (Fsp3) is 0.500. The third-order valence-corrected chi connectivity index (χ3v) is 2.48. The quantitative estimate of drug-likeness (QED) is 0.614. The smallest absolute Gasteiger partial charge is 0.252 e. The van der Waals surface area contributed by atoms with Gasteiger partial charge >= 0.3 is 0 Å². The lowest BCUT2D eigenvalue weighted by atomic mass is 10.1. The second-order valence-corrected chi connectivity index (χ2v) is 3.85. The summed E-state index contributed by atoms with van der Waals surface area (Å²) in [6.07, 6.45) is 2.65. The molecule has 1 amide bonds. The van der Waals surface area contributed by atoms with E-state index < -0.39 is 5.91 Å². The average molecular weight is 236 g/mol. The number of carbonyl (C=O) groups excluding carboxylic acids is 1. The predicted octanol–water partition coefficient (Wildman–Crippen LogP) is 0.900. The van der Waals surface area contributed by atoms with Gasteiger partial charge in [0.05, 0.1) is 5.56 Å². The number of nitrogens with zero attached hydrogens (tertiary/aromatic N) is 1. The molecule has 0 spiro atoms. The van der Waals surface area contributed by atoms with Crippen molar-refractivity contribution in [3.8, 4) is 0 Å². The van der Waals surface area contributed by atoms with E-state index in [4.69, 9.17) is 5.73 Å². The maximum atomic E-state index is 11.3. The van der Waals surface area contributed by atoms with Gasteiger partial charge in [-0.2, -0.15) is 0 Å². The monoisotopic (exact) mass is 236 g/mol. The molecule has 0 aliphatic heterocycles. The molecule has 0 aliphatic rings. The van der Waals surface area contributed by atoms with Gasteiger partial charge in [0.2, 0.25) is 0 Å². The van der Waals surface area contributed by atoms with Gasteiger partial charge in [-0.25, -0.2) is 4.98 Å². The van der Waals surface area contributed by atoms with Crippen LogP contribution in [0.25, 0.3) is 0 Å². The first kappa shape index (κ1) is 13.4. The number of aryl methyl sites for hydroxylation is 1. The summed E-state index contributed by atoms with van der Waals surface area (Å²) in [4.78, 5) is 15.5. The zero-order valence-electron chi connectivity index (χ0n) is 10.4. The van der Waals surface area contributed by atoms with Gasteiger partial charge in [0, 0.05) is 12.7 Å². The van der Waals surface area contributed by atoms with Crippen LogP contribution in [0.15, 0.2) is 12.3 Å². The summed E-state index contributed by atoms with van der Waals surface area (Å²) in [5.74, 6) is 0.138. The van der Waals surface area contributed by atoms with Gasteiger partial charge in [-0.05, 0) is 38.1 Å². The van der Waals surface area contributed by atoms with Gasteiger partial charge in [-0.1, -0.05) is 6.92 Å². The van der Waals surface area contributed by atoms with Crippen molar-refractivity contribution in [2.45, 2.75) is 20.3 Å². The predicted molar refractivity (Wildman–Crippen MR) is 69.1 cm³/mol. The molecule has 0 saturated carbocycles. The van der Waals surface area contributed by atoms with Crippen molar-refractivity contribution in [3.63, 3.8) is 0 Å². The van der Waals surface area contributed by atoms with E-state index in [2.05, 4.69) is 22.5 Å². The van der Waals surface area contributed by atoms with Crippen molar-refractivity contribution in [1.29, 1.82) is 0 Å². The molecule has 5 nitrogen and oxygen atoms in total. The molecule has 0 bridgehead atoms.